The number of rotatable bonds is 2. The molecule has 2 aromatic carbocycles. The van der Waals surface area contributed by atoms with Crippen molar-refractivity contribution in [1.29, 1.82) is 0 Å². The Bertz CT molecular complexity index is 1500. The zero-order chi connectivity index (χ0) is 27.8. The Labute approximate surface area is 234 Å². The molecular weight excluding hydrogens is 601 g/mol. The van der Waals surface area contributed by atoms with Crippen LogP contribution in [0.4, 0.5) is 15.3 Å². The van der Waals surface area contributed by atoms with Crippen LogP contribution in [-0.4, -0.2) is 46.2 Å². The average molecular weight is 631 g/mol. The molecule has 1 spiro atoms. The maximum absolute atomic E-state index is 14.0. The zero-order valence-electron chi connectivity index (χ0n) is 22.4. The van der Waals surface area contributed by atoms with Crippen LogP contribution in [0.25, 0.3) is 10.9 Å². The molecule has 1 fully saturated rings. The first-order chi connectivity index (χ1) is 17.7. The molecule has 2 amide bonds. The zero-order valence-corrected chi connectivity index (χ0v) is 24.6. The average Bonchev–Trinajstić information content (AvgIpc) is 3.39. The number of fused-ring (bicyclic) bond motifs is 3. The molecule has 0 saturated heterocycles. The van der Waals surface area contributed by atoms with Gasteiger partial charge in [-0.25, -0.2) is 14.5 Å². The summed E-state index contributed by atoms with van der Waals surface area (Å²) in [5.41, 5.74) is 0.317. The molecule has 1 aliphatic carbocycles. The Morgan fingerprint density at radius 1 is 1.03 bits per heavy atom. The third-order valence-electron chi connectivity index (χ3n) is 6.69. The van der Waals surface area contributed by atoms with Crippen LogP contribution >= 0.6 is 22.6 Å². The van der Waals surface area contributed by atoms with Crippen LogP contribution in [0.15, 0.2) is 36.4 Å². The monoisotopic (exact) mass is 631 g/mol. The first kappa shape index (κ1) is 26.5. The predicted molar refractivity (Wildman–Crippen MR) is 150 cm³/mol. The fourth-order valence-electron chi connectivity index (χ4n) is 5.17. The van der Waals surface area contributed by atoms with E-state index in [2.05, 4.69) is 27.7 Å². The third kappa shape index (κ3) is 4.22. The highest BCUT2D eigenvalue weighted by atomic mass is 127. The highest BCUT2D eigenvalue weighted by Crippen LogP contribution is 2.67. The summed E-state index contributed by atoms with van der Waals surface area (Å²) in [5.74, 6) is 0.0338. The van der Waals surface area contributed by atoms with E-state index in [0.717, 1.165) is 21.4 Å². The van der Waals surface area contributed by atoms with Gasteiger partial charge in [0.25, 0.3) is 0 Å². The lowest BCUT2D eigenvalue weighted by Gasteiger charge is -2.24. The second-order valence-corrected chi connectivity index (χ2v) is 12.7. The number of aromatic nitrogens is 2. The van der Waals surface area contributed by atoms with Gasteiger partial charge in [-0.05, 0) is 106 Å². The van der Waals surface area contributed by atoms with E-state index < -0.39 is 28.8 Å². The molecule has 1 aromatic heterocycles. The van der Waals surface area contributed by atoms with Gasteiger partial charge in [0.2, 0.25) is 5.91 Å². The molecule has 0 radical (unpaired) electrons. The van der Waals surface area contributed by atoms with Crippen LogP contribution in [-0.2, 0) is 19.7 Å². The van der Waals surface area contributed by atoms with Gasteiger partial charge in [0.05, 0.1) is 23.7 Å². The van der Waals surface area contributed by atoms with Gasteiger partial charge in [0, 0.05) is 11.3 Å². The fraction of sp³-hybridized carbons (Fsp3) is 0.429. The van der Waals surface area contributed by atoms with E-state index in [9.17, 15) is 14.4 Å². The van der Waals surface area contributed by atoms with Crippen LogP contribution in [0.2, 0.25) is 0 Å². The number of halogens is 1. The molecule has 2 heterocycles. The number of nitrogens with zero attached hydrogens (tertiary/aromatic N) is 3. The van der Waals surface area contributed by atoms with Crippen molar-refractivity contribution < 1.29 is 28.6 Å². The minimum atomic E-state index is -0.952. The molecule has 5 rings (SSSR count). The van der Waals surface area contributed by atoms with E-state index in [1.54, 1.807) is 60.8 Å². The van der Waals surface area contributed by atoms with Crippen molar-refractivity contribution in [1.82, 2.24) is 9.78 Å². The first-order valence-electron chi connectivity index (χ1n) is 12.3. The van der Waals surface area contributed by atoms with Gasteiger partial charge in [-0.3, -0.25) is 4.79 Å². The van der Waals surface area contributed by atoms with Crippen LogP contribution in [0.3, 0.4) is 0 Å². The van der Waals surface area contributed by atoms with Gasteiger partial charge in [-0.1, -0.05) is 12.1 Å². The number of carbonyl (C=O) groups is 3. The number of hydrogen-bond donors (Lipinski definition) is 0. The van der Waals surface area contributed by atoms with Gasteiger partial charge < -0.3 is 14.2 Å². The van der Waals surface area contributed by atoms with Gasteiger partial charge in [0.15, 0.2) is 0 Å². The molecule has 200 valence electrons. The number of ether oxygens (including phenoxy) is 3. The van der Waals surface area contributed by atoms with E-state index in [-0.39, 0.29) is 11.8 Å². The number of benzene rings is 2. The van der Waals surface area contributed by atoms with Gasteiger partial charge in [0.1, 0.15) is 20.7 Å². The van der Waals surface area contributed by atoms with Crippen molar-refractivity contribution in [3.8, 4) is 5.75 Å². The van der Waals surface area contributed by atoms with E-state index in [0.29, 0.717) is 27.1 Å². The van der Waals surface area contributed by atoms with Gasteiger partial charge in [-0.2, -0.15) is 9.78 Å². The minimum absolute atomic E-state index is 0.234. The molecule has 3 aromatic rings. The van der Waals surface area contributed by atoms with Crippen molar-refractivity contribution >= 4 is 57.3 Å². The molecule has 0 bridgehead atoms. The molecule has 0 unspecified atom stereocenters. The smallest absolute Gasteiger partial charge is 0.435 e. The summed E-state index contributed by atoms with van der Waals surface area (Å²) in [4.78, 5) is 41.3. The molecule has 10 heteroatoms. The van der Waals surface area contributed by atoms with E-state index in [1.165, 1.54) is 4.68 Å². The second-order valence-electron chi connectivity index (χ2n) is 11.7. The lowest BCUT2D eigenvalue weighted by molar-refractivity contribution is -0.120. The lowest BCUT2D eigenvalue weighted by Crippen LogP contribution is -2.41. The maximum atomic E-state index is 14.0. The summed E-state index contributed by atoms with van der Waals surface area (Å²) in [6.45, 7) is 10.7. The summed E-state index contributed by atoms with van der Waals surface area (Å²) in [6.07, 6.45) is -0.781. The number of imide groups is 1. The van der Waals surface area contributed by atoms with E-state index >= 15 is 0 Å². The van der Waals surface area contributed by atoms with Crippen molar-refractivity contribution in [2.24, 2.45) is 0 Å². The molecule has 1 aliphatic heterocycles. The maximum Gasteiger partial charge on any atom is 0.435 e. The van der Waals surface area contributed by atoms with E-state index in [4.69, 9.17) is 14.2 Å². The Hall–Kier alpha value is -3.15. The molecule has 2 atom stereocenters. The summed E-state index contributed by atoms with van der Waals surface area (Å²) < 4.78 is 18.5. The van der Waals surface area contributed by atoms with Crippen molar-refractivity contribution in [2.45, 2.75) is 70.5 Å². The Balaban J connectivity index is 1.61. The summed E-state index contributed by atoms with van der Waals surface area (Å²) in [7, 11) is 1.56. The minimum Gasteiger partial charge on any atom is -0.497 e. The predicted octanol–water partition coefficient (Wildman–Crippen LogP) is 6.14. The third-order valence-corrected chi connectivity index (χ3v) is 7.44. The first-order valence-corrected chi connectivity index (χ1v) is 13.4. The van der Waals surface area contributed by atoms with Crippen LogP contribution in [0.1, 0.15) is 65.0 Å². The second kappa shape index (κ2) is 8.69. The summed E-state index contributed by atoms with van der Waals surface area (Å²) >= 11 is 2.10. The normalized spacial score (nSPS) is 20.6. The van der Waals surface area contributed by atoms with Crippen LogP contribution in [0, 0.1) is 3.70 Å². The Morgan fingerprint density at radius 2 is 1.68 bits per heavy atom. The molecule has 0 N–H and O–H groups in total. The standard InChI is InChI=1S/C28H30IN3O6/c1-26(2,3)37-24(34)31-19-12-11-15(36-7)13-17(19)28(23(31)33)14-18(28)16-9-8-10-20-21(16)22(29)30-32(20)25(35)38-27(4,5)6/h8-13,18H,14H2,1-7H3/t18-,28-/m0/s1. The topological polar surface area (TPSA) is 100.0 Å². The van der Waals surface area contributed by atoms with Gasteiger partial charge >= 0.3 is 12.2 Å². The molecule has 1 saturated carbocycles. The fourth-order valence-corrected chi connectivity index (χ4v) is 5.97. The Morgan fingerprint density at radius 3 is 2.32 bits per heavy atom. The molecule has 9 nitrogen and oxygen atoms in total. The highest BCUT2D eigenvalue weighted by Gasteiger charge is 2.69. The lowest BCUT2D eigenvalue weighted by atomic mass is 9.91. The number of anilines is 1. The number of hydrogen-bond acceptors (Lipinski definition) is 7. The molecular formula is C28H30IN3O6. The molecule has 38 heavy (non-hydrogen) atoms. The number of methoxy groups -OCH3 is 1. The number of carbonyl (C=O) groups excluding carboxylic acids is 3. The van der Waals surface area contributed by atoms with Crippen molar-refractivity contribution in [3.63, 3.8) is 0 Å². The number of amides is 2. The summed E-state index contributed by atoms with van der Waals surface area (Å²) in [6, 6.07) is 10.9. The SMILES string of the molecule is COc1ccc2c(c1)[C@]1(C[C@H]1c1cccc3c1c(I)nn3C(=O)OC(C)(C)C)C(=O)N2C(=O)OC(C)(C)C. The van der Waals surface area contributed by atoms with Crippen molar-refractivity contribution in [3.05, 3.63) is 51.2 Å². The molecule has 2 aliphatic rings. The van der Waals surface area contributed by atoms with Crippen LogP contribution in [0.5, 0.6) is 5.75 Å². The van der Waals surface area contributed by atoms with Crippen molar-refractivity contribution in [2.75, 3.05) is 12.0 Å². The summed E-state index contributed by atoms with van der Waals surface area (Å²) in [5, 5.41) is 5.26. The highest BCUT2D eigenvalue weighted by molar-refractivity contribution is 14.1. The van der Waals surface area contributed by atoms with Crippen LogP contribution < -0.4 is 9.64 Å². The van der Waals surface area contributed by atoms with Gasteiger partial charge in [-0.15, -0.1) is 0 Å². The van der Waals surface area contributed by atoms with E-state index in [1.807, 2.05) is 24.3 Å². The largest absolute Gasteiger partial charge is 0.497 e. The quantitative estimate of drug-likeness (QED) is 0.314. The Kier molecular flexibility index (Phi) is 6.05.